The molecule has 0 heterocycles. The Morgan fingerprint density at radius 2 is 2.00 bits per heavy atom. The van der Waals surface area contributed by atoms with Gasteiger partial charge in [-0.3, -0.25) is 4.90 Å². The molecule has 0 bridgehead atoms. The molecule has 0 unspecified atom stereocenters. The summed E-state index contributed by atoms with van der Waals surface area (Å²) < 4.78 is 5.33. The summed E-state index contributed by atoms with van der Waals surface area (Å²) in [6, 6.07) is 5.65. The second-order valence-electron chi connectivity index (χ2n) is 4.76. The highest BCUT2D eigenvalue weighted by Gasteiger charge is 2.23. The number of halogens is 2. The second-order valence-corrected chi connectivity index (χ2v) is 5.46. The highest BCUT2D eigenvalue weighted by molar-refractivity contribution is 6.30. The molecule has 0 radical (unpaired) electrons. The number of nitrogens with zero attached hydrogens (tertiary/aromatic N) is 1. The molecule has 1 aromatic rings. The van der Waals surface area contributed by atoms with Gasteiger partial charge in [-0.1, -0.05) is 11.6 Å². The van der Waals surface area contributed by atoms with Crippen LogP contribution in [0.4, 0.5) is 0 Å². The molecule has 0 aliphatic rings. The highest BCUT2D eigenvalue weighted by Crippen LogP contribution is 2.26. The van der Waals surface area contributed by atoms with Gasteiger partial charge in [-0.2, -0.15) is 0 Å². The van der Waals surface area contributed by atoms with Crippen LogP contribution in [-0.2, 0) is 6.54 Å². The van der Waals surface area contributed by atoms with E-state index in [1.165, 1.54) is 0 Å². The molecule has 4 heteroatoms. The lowest BCUT2D eigenvalue weighted by molar-refractivity contribution is 0.169. The Morgan fingerprint density at radius 1 is 1.35 bits per heavy atom. The molecule has 96 valence electrons. The molecule has 17 heavy (non-hydrogen) atoms. The van der Waals surface area contributed by atoms with Crippen LogP contribution in [0, 0.1) is 0 Å². The molecule has 1 aromatic carbocycles. The zero-order valence-electron chi connectivity index (χ0n) is 10.8. The Labute approximate surface area is 113 Å². The minimum Gasteiger partial charge on any atom is -0.496 e. The van der Waals surface area contributed by atoms with Crippen LogP contribution in [0.3, 0.4) is 0 Å². The van der Waals surface area contributed by atoms with Crippen LogP contribution in [0.15, 0.2) is 18.2 Å². The number of rotatable bonds is 5. The number of ether oxygens (including phenoxy) is 1. The molecule has 0 N–H and O–H groups in total. The van der Waals surface area contributed by atoms with Gasteiger partial charge in [-0.25, -0.2) is 0 Å². The fourth-order valence-corrected chi connectivity index (χ4v) is 1.84. The maximum atomic E-state index is 6.01. The van der Waals surface area contributed by atoms with Gasteiger partial charge in [0.25, 0.3) is 0 Å². The van der Waals surface area contributed by atoms with E-state index in [0.29, 0.717) is 5.88 Å². The van der Waals surface area contributed by atoms with Crippen LogP contribution in [-0.4, -0.2) is 30.5 Å². The van der Waals surface area contributed by atoms with Gasteiger partial charge in [-0.15, -0.1) is 11.6 Å². The van der Waals surface area contributed by atoms with E-state index < -0.39 is 0 Å². The van der Waals surface area contributed by atoms with Crippen LogP contribution in [0.1, 0.15) is 19.4 Å². The summed E-state index contributed by atoms with van der Waals surface area (Å²) in [5, 5.41) is 0.720. The first-order valence-corrected chi connectivity index (χ1v) is 6.41. The molecule has 0 amide bonds. The molecule has 0 atom stereocenters. The van der Waals surface area contributed by atoms with Crippen molar-refractivity contribution >= 4 is 23.2 Å². The van der Waals surface area contributed by atoms with E-state index in [0.717, 1.165) is 22.9 Å². The van der Waals surface area contributed by atoms with E-state index in [-0.39, 0.29) is 5.54 Å². The van der Waals surface area contributed by atoms with Crippen molar-refractivity contribution in [2.45, 2.75) is 25.9 Å². The Kier molecular flexibility index (Phi) is 5.11. The summed E-state index contributed by atoms with van der Waals surface area (Å²) in [6.07, 6.45) is 0. The van der Waals surface area contributed by atoms with Crippen molar-refractivity contribution in [3.8, 4) is 5.75 Å². The van der Waals surface area contributed by atoms with Crippen molar-refractivity contribution in [2.75, 3.05) is 20.0 Å². The Bertz CT molecular complexity index is 380. The minimum absolute atomic E-state index is 0.0606. The highest BCUT2D eigenvalue weighted by atomic mass is 35.5. The van der Waals surface area contributed by atoms with Gasteiger partial charge in [0.05, 0.1) is 7.11 Å². The molecule has 0 saturated heterocycles. The van der Waals surface area contributed by atoms with E-state index in [1.807, 2.05) is 25.2 Å². The van der Waals surface area contributed by atoms with Gasteiger partial charge in [0.1, 0.15) is 5.75 Å². The average molecular weight is 276 g/mol. The zero-order chi connectivity index (χ0) is 13.1. The van der Waals surface area contributed by atoms with Gasteiger partial charge in [0.15, 0.2) is 0 Å². The first-order valence-electron chi connectivity index (χ1n) is 5.50. The van der Waals surface area contributed by atoms with Crippen molar-refractivity contribution < 1.29 is 4.74 Å². The van der Waals surface area contributed by atoms with E-state index in [4.69, 9.17) is 27.9 Å². The van der Waals surface area contributed by atoms with Crippen LogP contribution in [0.2, 0.25) is 5.02 Å². The lowest BCUT2D eigenvalue weighted by atomic mass is 10.1. The maximum Gasteiger partial charge on any atom is 0.123 e. The van der Waals surface area contributed by atoms with Crippen LogP contribution in [0.5, 0.6) is 5.75 Å². The monoisotopic (exact) mass is 275 g/mol. The molecule has 0 aliphatic carbocycles. The summed E-state index contributed by atoms with van der Waals surface area (Å²) in [4.78, 5) is 2.19. The summed E-state index contributed by atoms with van der Waals surface area (Å²) >= 11 is 12.0. The van der Waals surface area contributed by atoms with E-state index in [2.05, 4.69) is 18.7 Å². The number of benzene rings is 1. The summed E-state index contributed by atoms with van der Waals surface area (Å²) in [5.41, 5.74) is 1.01. The van der Waals surface area contributed by atoms with Crippen molar-refractivity contribution in [3.63, 3.8) is 0 Å². The van der Waals surface area contributed by atoms with E-state index in [9.17, 15) is 0 Å². The van der Waals surface area contributed by atoms with Crippen LogP contribution in [0.25, 0.3) is 0 Å². The summed E-state index contributed by atoms with van der Waals surface area (Å²) in [5.74, 6) is 1.43. The smallest absolute Gasteiger partial charge is 0.123 e. The van der Waals surface area contributed by atoms with Crippen molar-refractivity contribution in [1.29, 1.82) is 0 Å². The first kappa shape index (κ1) is 14.6. The number of methoxy groups -OCH3 is 1. The number of hydrogen-bond acceptors (Lipinski definition) is 2. The predicted octanol–water partition coefficient (Wildman–Crippen LogP) is 3.80. The van der Waals surface area contributed by atoms with Gasteiger partial charge in [-0.05, 0) is 39.1 Å². The average Bonchev–Trinajstić information content (AvgIpc) is 2.29. The molecular formula is C13H19Cl2NO. The molecule has 0 aliphatic heterocycles. The number of hydrogen-bond donors (Lipinski definition) is 0. The second kappa shape index (κ2) is 5.94. The van der Waals surface area contributed by atoms with Gasteiger partial charge in [0, 0.05) is 28.5 Å². The molecular weight excluding hydrogens is 257 g/mol. The van der Waals surface area contributed by atoms with Gasteiger partial charge >= 0.3 is 0 Å². The van der Waals surface area contributed by atoms with Gasteiger partial charge < -0.3 is 4.74 Å². The number of alkyl halides is 1. The standard InChI is InChI=1S/C13H19Cl2NO/c1-13(2,9-14)16(3)8-10-7-11(15)5-6-12(10)17-4/h5-7H,8-9H2,1-4H3. The molecule has 2 nitrogen and oxygen atoms in total. The van der Waals surface area contributed by atoms with Crippen LogP contribution >= 0.6 is 23.2 Å². The lowest BCUT2D eigenvalue weighted by Gasteiger charge is -2.34. The SMILES string of the molecule is COc1ccc(Cl)cc1CN(C)C(C)(C)CCl. The molecule has 0 spiro atoms. The largest absolute Gasteiger partial charge is 0.496 e. The minimum atomic E-state index is -0.0606. The van der Waals surface area contributed by atoms with Gasteiger partial charge in [0.2, 0.25) is 0 Å². The van der Waals surface area contributed by atoms with E-state index in [1.54, 1.807) is 7.11 Å². The third-order valence-electron chi connectivity index (χ3n) is 3.01. The predicted molar refractivity (Wildman–Crippen MR) is 74.3 cm³/mol. The lowest BCUT2D eigenvalue weighted by Crippen LogP contribution is -2.42. The molecule has 0 saturated carbocycles. The summed E-state index contributed by atoms with van der Waals surface area (Å²) in [6.45, 7) is 4.97. The Morgan fingerprint density at radius 3 is 2.53 bits per heavy atom. The zero-order valence-corrected chi connectivity index (χ0v) is 12.3. The fraction of sp³-hybridized carbons (Fsp3) is 0.538. The third kappa shape index (κ3) is 3.77. The van der Waals surface area contributed by atoms with Crippen LogP contribution < -0.4 is 4.74 Å². The summed E-state index contributed by atoms with van der Waals surface area (Å²) in [7, 11) is 3.71. The van der Waals surface area contributed by atoms with Crippen molar-refractivity contribution in [2.24, 2.45) is 0 Å². The molecule has 0 aromatic heterocycles. The Hall–Kier alpha value is -0.440. The normalized spacial score (nSPS) is 11.9. The third-order valence-corrected chi connectivity index (χ3v) is 3.90. The maximum absolute atomic E-state index is 6.01. The van der Waals surface area contributed by atoms with E-state index >= 15 is 0 Å². The molecule has 0 fully saturated rings. The van der Waals surface area contributed by atoms with Crippen molar-refractivity contribution in [3.05, 3.63) is 28.8 Å². The van der Waals surface area contributed by atoms with Crippen molar-refractivity contribution in [1.82, 2.24) is 4.90 Å². The molecule has 1 rings (SSSR count). The fourth-order valence-electron chi connectivity index (χ4n) is 1.44. The first-order chi connectivity index (χ1) is 7.90. The Balaban J connectivity index is 2.91. The topological polar surface area (TPSA) is 12.5 Å². The quantitative estimate of drug-likeness (QED) is 0.758.